The number of amides is 3. The first kappa shape index (κ1) is 22.7. The van der Waals surface area contributed by atoms with Gasteiger partial charge in [0.05, 0.1) is 4.92 Å². The number of anilines is 1. The van der Waals surface area contributed by atoms with E-state index in [0.29, 0.717) is 31.7 Å². The number of nitrogens with one attached hydrogen (secondary N) is 2. The summed E-state index contributed by atoms with van der Waals surface area (Å²) in [6.45, 7) is 1.15. The minimum Gasteiger partial charge on any atom is -0.410 e. The maximum Gasteiger partial charge on any atom is 0.415 e. The third-order valence-electron chi connectivity index (χ3n) is 4.98. The van der Waals surface area contributed by atoms with Gasteiger partial charge in [-0.1, -0.05) is 18.2 Å². The summed E-state index contributed by atoms with van der Waals surface area (Å²) in [6, 6.07) is 11.5. The van der Waals surface area contributed by atoms with Crippen molar-refractivity contribution >= 4 is 29.3 Å². The Balaban J connectivity index is 1.42. The molecule has 3 amide bonds. The van der Waals surface area contributed by atoms with Crippen LogP contribution in [0.15, 0.2) is 48.5 Å². The molecule has 168 valence electrons. The van der Waals surface area contributed by atoms with Gasteiger partial charge in [0, 0.05) is 31.4 Å². The van der Waals surface area contributed by atoms with Gasteiger partial charge in [0.15, 0.2) is 0 Å². The molecule has 0 saturated carbocycles. The lowest BCUT2D eigenvalue weighted by Crippen LogP contribution is -2.44. The fourth-order valence-electron chi connectivity index (χ4n) is 3.21. The van der Waals surface area contributed by atoms with Gasteiger partial charge < -0.3 is 20.3 Å². The van der Waals surface area contributed by atoms with E-state index in [-0.39, 0.29) is 18.2 Å². The van der Waals surface area contributed by atoms with E-state index < -0.39 is 34.3 Å². The molecule has 1 aliphatic heterocycles. The highest BCUT2D eigenvalue weighted by atomic mass is 19.1. The SMILES string of the molecule is O=C(NCC1CCN(C(=O)Oc2ccccc2)CC1)C(=O)Nc1ccc(F)c([N+](=O)[O-])c1. The third-order valence-corrected chi connectivity index (χ3v) is 4.98. The zero-order valence-corrected chi connectivity index (χ0v) is 17.0. The van der Waals surface area contributed by atoms with Crippen LogP contribution in [-0.2, 0) is 9.59 Å². The molecule has 0 atom stereocenters. The van der Waals surface area contributed by atoms with Gasteiger partial charge in [-0.3, -0.25) is 19.7 Å². The standard InChI is InChI=1S/C21H21FN4O6/c22-17-7-6-15(12-18(17)26(30)31)24-20(28)19(27)23-13-14-8-10-25(11-9-14)21(29)32-16-4-2-1-3-5-16/h1-7,12,14H,8-11,13H2,(H,23,27)(H,24,28). The van der Waals surface area contributed by atoms with Crippen molar-refractivity contribution in [2.24, 2.45) is 5.92 Å². The van der Waals surface area contributed by atoms with Gasteiger partial charge >= 0.3 is 23.6 Å². The topological polar surface area (TPSA) is 131 Å². The van der Waals surface area contributed by atoms with E-state index in [0.717, 1.165) is 18.2 Å². The van der Waals surface area contributed by atoms with Crippen molar-refractivity contribution in [1.82, 2.24) is 10.2 Å². The first-order valence-electron chi connectivity index (χ1n) is 9.88. The molecular formula is C21H21FN4O6. The maximum absolute atomic E-state index is 13.4. The molecule has 3 rings (SSSR count). The van der Waals surface area contributed by atoms with Gasteiger partial charge in [-0.25, -0.2) is 4.79 Å². The number of hydrogen-bond acceptors (Lipinski definition) is 6. The van der Waals surface area contributed by atoms with Crippen molar-refractivity contribution in [3.63, 3.8) is 0 Å². The van der Waals surface area contributed by atoms with Crippen LogP contribution >= 0.6 is 0 Å². The number of piperidine rings is 1. The highest BCUT2D eigenvalue weighted by Crippen LogP contribution is 2.22. The summed E-state index contributed by atoms with van der Waals surface area (Å²) in [5.41, 5.74) is -0.871. The van der Waals surface area contributed by atoms with Crippen LogP contribution in [0.4, 0.5) is 20.6 Å². The molecule has 0 aliphatic carbocycles. The summed E-state index contributed by atoms with van der Waals surface area (Å²) in [7, 11) is 0. The first-order valence-corrected chi connectivity index (χ1v) is 9.88. The Kier molecular flexibility index (Phi) is 7.32. The van der Waals surface area contributed by atoms with Crippen molar-refractivity contribution in [3.05, 3.63) is 64.5 Å². The molecule has 2 aromatic rings. The summed E-state index contributed by atoms with van der Waals surface area (Å²) >= 11 is 0. The minimum atomic E-state index is -1.04. The number of ether oxygens (including phenoxy) is 1. The molecular weight excluding hydrogens is 423 g/mol. The Bertz CT molecular complexity index is 1010. The number of carbonyl (C=O) groups is 3. The van der Waals surface area contributed by atoms with Crippen LogP contribution in [0.1, 0.15) is 12.8 Å². The van der Waals surface area contributed by atoms with E-state index in [1.165, 1.54) is 0 Å². The number of nitrogens with zero attached hydrogens (tertiary/aromatic N) is 2. The molecule has 11 heteroatoms. The zero-order chi connectivity index (χ0) is 23.1. The second kappa shape index (κ2) is 10.3. The maximum atomic E-state index is 13.4. The number of likely N-dealkylation sites (tertiary alicyclic amines) is 1. The van der Waals surface area contributed by atoms with Crippen LogP contribution in [-0.4, -0.2) is 47.4 Å². The molecule has 2 N–H and O–H groups in total. The van der Waals surface area contributed by atoms with Gasteiger partial charge in [0.25, 0.3) is 0 Å². The average Bonchev–Trinajstić information content (AvgIpc) is 2.79. The first-order chi connectivity index (χ1) is 15.3. The molecule has 2 aromatic carbocycles. The second-order valence-corrected chi connectivity index (χ2v) is 7.20. The molecule has 1 heterocycles. The number of nitro groups is 1. The van der Waals surface area contributed by atoms with Crippen LogP contribution in [0.5, 0.6) is 5.75 Å². The number of hydrogen-bond donors (Lipinski definition) is 2. The molecule has 0 spiro atoms. The summed E-state index contributed by atoms with van der Waals surface area (Å²) in [5, 5.41) is 15.5. The Labute approximate surface area is 182 Å². The highest BCUT2D eigenvalue weighted by Gasteiger charge is 2.25. The van der Waals surface area contributed by atoms with E-state index in [1.54, 1.807) is 29.2 Å². The van der Waals surface area contributed by atoms with Crippen LogP contribution in [0.2, 0.25) is 0 Å². The van der Waals surface area contributed by atoms with Gasteiger partial charge in [0.1, 0.15) is 5.75 Å². The highest BCUT2D eigenvalue weighted by molar-refractivity contribution is 6.39. The Morgan fingerprint density at radius 3 is 2.44 bits per heavy atom. The lowest BCUT2D eigenvalue weighted by atomic mass is 9.97. The number of rotatable bonds is 5. The predicted molar refractivity (Wildman–Crippen MR) is 111 cm³/mol. The largest absolute Gasteiger partial charge is 0.415 e. The fraction of sp³-hybridized carbons (Fsp3) is 0.286. The quantitative estimate of drug-likeness (QED) is 0.414. The molecule has 0 unspecified atom stereocenters. The van der Waals surface area contributed by atoms with E-state index in [4.69, 9.17) is 4.74 Å². The predicted octanol–water partition coefficient (Wildman–Crippen LogP) is 2.70. The molecule has 0 radical (unpaired) electrons. The zero-order valence-electron chi connectivity index (χ0n) is 17.0. The average molecular weight is 444 g/mol. The second-order valence-electron chi connectivity index (χ2n) is 7.20. The molecule has 1 aliphatic rings. The fourth-order valence-corrected chi connectivity index (χ4v) is 3.21. The van der Waals surface area contributed by atoms with E-state index in [1.807, 2.05) is 6.07 Å². The van der Waals surface area contributed by atoms with Crippen LogP contribution in [0.3, 0.4) is 0 Å². The number of benzene rings is 2. The minimum absolute atomic E-state index is 0.0662. The van der Waals surface area contributed by atoms with Crippen molar-refractivity contribution in [2.75, 3.05) is 25.0 Å². The summed E-state index contributed by atoms with van der Waals surface area (Å²) in [6.07, 6.45) is 0.803. The van der Waals surface area contributed by atoms with Crippen molar-refractivity contribution in [1.29, 1.82) is 0 Å². The monoisotopic (exact) mass is 444 g/mol. The summed E-state index contributed by atoms with van der Waals surface area (Å²) in [5.74, 6) is -2.45. The van der Waals surface area contributed by atoms with Gasteiger partial charge in [-0.15, -0.1) is 0 Å². The van der Waals surface area contributed by atoms with E-state index in [9.17, 15) is 28.9 Å². The summed E-state index contributed by atoms with van der Waals surface area (Å²) < 4.78 is 18.7. The smallest absolute Gasteiger partial charge is 0.410 e. The number of halogens is 1. The molecule has 1 fully saturated rings. The van der Waals surface area contributed by atoms with Crippen molar-refractivity contribution < 1.29 is 28.4 Å². The molecule has 0 bridgehead atoms. The Hall–Kier alpha value is -4.02. The van der Waals surface area contributed by atoms with E-state index in [2.05, 4.69) is 10.6 Å². The van der Waals surface area contributed by atoms with Crippen LogP contribution < -0.4 is 15.4 Å². The van der Waals surface area contributed by atoms with E-state index >= 15 is 0 Å². The third kappa shape index (κ3) is 6.00. The van der Waals surface area contributed by atoms with Crippen LogP contribution in [0.25, 0.3) is 0 Å². The molecule has 10 nitrogen and oxygen atoms in total. The van der Waals surface area contributed by atoms with Crippen molar-refractivity contribution in [3.8, 4) is 5.75 Å². The lowest BCUT2D eigenvalue weighted by Gasteiger charge is -2.31. The van der Waals surface area contributed by atoms with Crippen molar-refractivity contribution in [2.45, 2.75) is 12.8 Å². The molecule has 0 aromatic heterocycles. The summed E-state index contributed by atoms with van der Waals surface area (Å²) in [4.78, 5) is 47.7. The number of nitro benzene ring substituents is 1. The normalized spacial score (nSPS) is 13.8. The Morgan fingerprint density at radius 1 is 1.09 bits per heavy atom. The molecule has 1 saturated heterocycles. The lowest BCUT2D eigenvalue weighted by molar-refractivity contribution is -0.387. The number of carbonyl (C=O) groups excluding carboxylic acids is 3. The van der Waals surface area contributed by atoms with Gasteiger partial charge in [-0.05, 0) is 43.0 Å². The Morgan fingerprint density at radius 2 is 1.78 bits per heavy atom. The molecule has 32 heavy (non-hydrogen) atoms. The number of para-hydroxylation sites is 1. The van der Waals surface area contributed by atoms with Gasteiger partial charge in [-0.2, -0.15) is 4.39 Å². The van der Waals surface area contributed by atoms with Crippen LogP contribution in [0, 0.1) is 21.8 Å². The van der Waals surface area contributed by atoms with Gasteiger partial charge in [0.2, 0.25) is 5.82 Å².